The Labute approximate surface area is 128 Å². The highest BCUT2D eigenvalue weighted by atomic mass is 16.1. The van der Waals surface area contributed by atoms with Crippen molar-refractivity contribution in [1.82, 2.24) is 0 Å². The van der Waals surface area contributed by atoms with E-state index in [0.29, 0.717) is 5.56 Å². The lowest BCUT2D eigenvalue weighted by molar-refractivity contribution is 0.102. The van der Waals surface area contributed by atoms with Crippen LogP contribution in [0.15, 0.2) is 72.8 Å². The number of amides is 1. The third kappa shape index (κ3) is 2.13. The van der Waals surface area contributed by atoms with Crippen molar-refractivity contribution in [3.63, 3.8) is 0 Å². The van der Waals surface area contributed by atoms with Gasteiger partial charge in [-0.1, -0.05) is 48.5 Å². The van der Waals surface area contributed by atoms with Crippen LogP contribution in [0, 0.1) is 0 Å². The first-order valence-electron chi connectivity index (χ1n) is 7.18. The van der Waals surface area contributed by atoms with Crippen LogP contribution < -0.4 is 10.6 Å². The van der Waals surface area contributed by atoms with Gasteiger partial charge in [0.15, 0.2) is 0 Å². The average Bonchev–Trinajstić information content (AvgIpc) is 2.71. The van der Waals surface area contributed by atoms with Crippen molar-refractivity contribution in [3.8, 4) is 11.1 Å². The first-order valence-corrected chi connectivity index (χ1v) is 7.18. The van der Waals surface area contributed by atoms with Crippen LogP contribution in [-0.2, 0) is 0 Å². The normalized spacial score (nSPS) is 12.5. The first-order chi connectivity index (χ1) is 10.8. The fourth-order valence-electron chi connectivity index (χ4n) is 2.69. The number of rotatable bonds is 1. The lowest BCUT2D eigenvalue weighted by Crippen LogP contribution is -2.10. The van der Waals surface area contributed by atoms with E-state index < -0.39 is 0 Å². The topological polar surface area (TPSA) is 41.1 Å². The van der Waals surface area contributed by atoms with E-state index in [-0.39, 0.29) is 5.91 Å². The molecule has 3 heteroatoms. The van der Waals surface area contributed by atoms with Crippen LogP contribution in [0.3, 0.4) is 0 Å². The molecule has 0 fully saturated rings. The number of hydrogen-bond acceptors (Lipinski definition) is 2. The highest BCUT2D eigenvalue weighted by Crippen LogP contribution is 2.35. The zero-order chi connectivity index (χ0) is 14.9. The van der Waals surface area contributed by atoms with Crippen LogP contribution in [0.2, 0.25) is 0 Å². The molecule has 0 bridgehead atoms. The highest BCUT2D eigenvalue weighted by Gasteiger charge is 2.18. The zero-order valence-electron chi connectivity index (χ0n) is 11.8. The van der Waals surface area contributed by atoms with Gasteiger partial charge in [0.25, 0.3) is 5.91 Å². The number of carbonyl (C=O) groups is 1. The monoisotopic (exact) mass is 286 g/mol. The van der Waals surface area contributed by atoms with Gasteiger partial charge in [0.1, 0.15) is 0 Å². The maximum atomic E-state index is 12.3. The Morgan fingerprint density at radius 3 is 2.23 bits per heavy atom. The van der Waals surface area contributed by atoms with Gasteiger partial charge in [-0.2, -0.15) is 0 Å². The molecule has 1 aliphatic heterocycles. The molecule has 2 N–H and O–H groups in total. The van der Waals surface area contributed by atoms with Crippen molar-refractivity contribution in [2.75, 3.05) is 10.6 Å². The van der Waals surface area contributed by atoms with Crippen molar-refractivity contribution >= 4 is 23.0 Å². The summed E-state index contributed by atoms with van der Waals surface area (Å²) in [4.78, 5) is 12.3. The maximum Gasteiger partial charge on any atom is 0.257 e. The van der Waals surface area contributed by atoms with Gasteiger partial charge in [-0.3, -0.25) is 4.79 Å². The minimum atomic E-state index is -0.0886. The van der Waals surface area contributed by atoms with Gasteiger partial charge in [-0.25, -0.2) is 0 Å². The van der Waals surface area contributed by atoms with Gasteiger partial charge in [0.05, 0.1) is 22.6 Å². The van der Waals surface area contributed by atoms with Gasteiger partial charge < -0.3 is 10.6 Å². The van der Waals surface area contributed by atoms with Gasteiger partial charge >= 0.3 is 0 Å². The largest absolute Gasteiger partial charge is 0.353 e. The third-order valence-corrected chi connectivity index (χ3v) is 3.82. The fourth-order valence-corrected chi connectivity index (χ4v) is 2.69. The Morgan fingerprint density at radius 2 is 1.36 bits per heavy atom. The molecule has 1 aliphatic rings. The SMILES string of the molecule is O=C1Nc2ccc(-c3ccccc3)cc2Nc2ccccc21. The molecule has 22 heavy (non-hydrogen) atoms. The molecular weight excluding hydrogens is 272 g/mol. The summed E-state index contributed by atoms with van der Waals surface area (Å²) in [7, 11) is 0. The van der Waals surface area contributed by atoms with Crippen LogP contribution in [0.4, 0.5) is 17.1 Å². The Kier molecular flexibility index (Phi) is 2.90. The van der Waals surface area contributed by atoms with Crippen LogP contribution in [0.1, 0.15) is 10.4 Å². The minimum absolute atomic E-state index is 0.0886. The van der Waals surface area contributed by atoms with Gasteiger partial charge in [-0.15, -0.1) is 0 Å². The predicted octanol–water partition coefficient (Wildman–Crippen LogP) is 4.66. The lowest BCUT2D eigenvalue weighted by Gasteiger charge is -2.11. The van der Waals surface area contributed by atoms with Crippen LogP contribution >= 0.6 is 0 Å². The van der Waals surface area contributed by atoms with Gasteiger partial charge in [0, 0.05) is 0 Å². The van der Waals surface area contributed by atoms with Crippen molar-refractivity contribution in [1.29, 1.82) is 0 Å². The van der Waals surface area contributed by atoms with Crippen LogP contribution in [0.5, 0.6) is 0 Å². The van der Waals surface area contributed by atoms with E-state index >= 15 is 0 Å². The summed E-state index contributed by atoms with van der Waals surface area (Å²) in [6.45, 7) is 0. The molecule has 3 aromatic carbocycles. The number of para-hydroxylation sites is 1. The molecular formula is C19H14N2O. The molecule has 3 nitrogen and oxygen atoms in total. The van der Waals surface area contributed by atoms with E-state index in [2.05, 4.69) is 28.8 Å². The van der Waals surface area contributed by atoms with Crippen LogP contribution in [0.25, 0.3) is 11.1 Å². The molecule has 3 aromatic rings. The summed E-state index contributed by atoms with van der Waals surface area (Å²) in [5, 5.41) is 6.32. The standard InChI is InChI=1S/C19H14N2O/c22-19-15-8-4-5-9-16(15)20-18-12-14(10-11-17(18)21-19)13-6-2-1-3-7-13/h1-12,20H,(H,21,22). The molecule has 0 saturated carbocycles. The quantitative estimate of drug-likeness (QED) is 0.683. The number of anilines is 3. The number of hydrogen-bond donors (Lipinski definition) is 2. The van der Waals surface area contributed by atoms with Crippen molar-refractivity contribution in [2.45, 2.75) is 0 Å². The molecule has 4 rings (SSSR count). The maximum absolute atomic E-state index is 12.3. The number of carbonyl (C=O) groups excluding carboxylic acids is 1. The minimum Gasteiger partial charge on any atom is -0.353 e. The second-order valence-electron chi connectivity index (χ2n) is 5.25. The van der Waals surface area contributed by atoms with Crippen molar-refractivity contribution in [2.24, 2.45) is 0 Å². The molecule has 1 amide bonds. The summed E-state index contributed by atoms with van der Waals surface area (Å²) in [5.74, 6) is -0.0886. The van der Waals surface area contributed by atoms with E-state index in [4.69, 9.17) is 0 Å². The highest BCUT2D eigenvalue weighted by molar-refractivity contribution is 6.12. The average molecular weight is 286 g/mol. The third-order valence-electron chi connectivity index (χ3n) is 3.82. The van der Waals surface area contributed by atoms with Gasteiger partial charge in [0.2, 0.25) is 0 Å². The number of nitrogens with one attached hydrogen (secondary N) is 2. The molecule has 0 radical (unpaired) electrons. The van der Waals surface area contributed by atoms with E-state index in [9.17, 15) is 4.79 Å². The Bertz CT molecular complexity index is 856. The molecule has 0 aliphatic carbocycles. The number of fused-ring (bicyclic) bond motifs is 2. The summed E-state index contributed by atoms with van der Waals surface area (Å²) < 4.78 is 0. The second-order valence-corrected chi connectivity index (χ2v) is 5.25. The molecule has 0 saturated heterocycles. The van der Waals surface area contributed by atoms with E-state index in [1.165, 1.54) is 0 Å². The van der Waals surface area contributed by atoms with Crippen molar-refractivity contribution < 1.29 is 4.79 Å². The zero-order valence-corrected chi connectivity index (χ0v) is 11.8. The summed E-state index contributed by atoms with van der Waals surface area (Å²) >= 11 is 0. The second kappa shape index (κ2) is 5.04. The molecule has 0 aromatic heterocycles. The Morgan fingerprint density at radius 1 is 0.591 bits per heavy atom. The van der Waals surface area contributed by atoms with Crippen LogP contribution in [-0.4, -0.2) is 5.91 Å². The summed E-state index contributed by atoms with van der Waals surface area (Å²) in [6.07, 6.45) is 0. The molecule has 0 spiro atoms. The van der Waals surface area contributed by atoms with Crippen molar-refractivity contribution in [3.05, 3.63) is 78.4 Å². The predicted molar refractivity (Wildman–Crippen MR) is 89.6 cm³/mol. The summed E-state index contributed by atoms with van der Waals surface area (Å²) in [5.41, 5.74) is 5.43. The first kappa shape index (κ1) is 12.7. The fraction of sp³-hybridized carbons (Fsp3) is 0. The Hall–Kier alpha value is -3.07. The summed E-state index contributed by atoms with van der Waals surface area (Å²) in [6, 6.07) is 23.7. The molecule has 0 atom stereocenters. The molecule has 0 unspecified atom stereocenters. The Balaban J connectivity index is 1.82. The van der Waals surface area contributed by atoms with Gasteiger partial charge in [-0.05, 0) is 35.4 Å². The molecule has 106 valence electrons. The van der Waals surface area contributed by atoms with E-state index in [1.807, 2.05) is 54.6 Å². The molecule has 1 heterocycles. The van der Waals surface area contributed by atoms with E-state index in [1.54, 1.807) is 0 Å². The van der Waals surface area contributed by atoms with E-state index in [0.717, 1.165) is 28.2 Å². The lowest BCUT2D eigenvalue weighted by atomic mass is 10.0. The number of benzene rings is 3. The smallest absolute Gasteiger partial charge is 0.257 e.